The Morgan fingerprint density at radius 1 is 1.08 bits per heavy atom. The highest BCUT2D eigenvalue weighted by Crippen LogP contribution is 2.46. The molecule has 2 fully saturated rings. The summed E-state index contributed by atoms with van der Waals surface area (Å²) in [6, 6.07) is 0. The molecule has 2 bridgehead atoms. The van der Waals surface area contributed by atoms with Crippen molar-refractivity contribution in [1.82, 2.24) is 5.32 Å². The van der Waals surface area contributed by atoms with Crippen LogP contribution in [0.2, 0.25) is 0 Å². The molecule has 0 spiro atoms. The monoisotopic (exact) mass is 163 g/mol. The van der Waals surface area contributed by atoms with Crippen LogP contribution in [-0.4, -0.2) is 13.1 Å². The fourth-order valence-electron chi connectivity index (χ4n) is 3.41. The molecule has 12 heavy (non-hydrogen) atoms. The quantitative estimate of drug-likeness (QED) is 0.539. The van der Waals surface area contributed by atoms with E-state index in [1.54, 1.807) is 0 Å². The molecule has 1 N–H and O–H groups in total. The Morgan fingerprint density at radius 3 is 2.67 bits per heavy atom. The third-order valence-corrected chi connectivity index (χ3v) is 4.05. The van der Waals surface area contributed by atoms with Crippen LogP contribution in [0.1, 0.15) is 32.1 Å². The van der Waals surface area contributed by atoms with Gasteiger partial charge in [-0.05, 0) is 50.5 Å². The van der Waals surface area contributed by atoms with Gasteiger partial charge in [0.15, 0.2) is 0 Å². The molecule has 1 heterocycles. The van der Waals surface area contributed by atoms with E-state index in [0.717, 1.165) is 11.8 Å². The smallest absolute Gasteiger partial charge is 0.0170 e. The number of piperidine rings is 1. The molecule has 0 radical (unpaired) electrons. The van der Waals surface area contributed by atoms with Gasteiger partial charge in [-0.3, -0.25) is 0 Å². The van der Waals surface area contributed by atoms with Gasteiger partial charge in [0, 0.05) is 6.54 Å². The zero-order chi connectivity index (χ0) is 7.97. The van der Waals surface area contributed by atoms with Gasteiger partial charge in [0.25, 0.3) is 0 Å². The van der Waals surface area contributed by atoms with E-state index in [4.69, 9.17) is 0 Å². The van der Waals surface area contributed by atoms with Crippen LogP contribution in [0.5, 0.6) is 0 Å². The lowest BCUT2D eigenvalue weighted by molar-refractivity contribution is 0.237. The Bertz CT molecular complexity index is 219. The first kappa shape index (κ1) is 7.14. The summed E-state index contributed by atoms with van der Waals surface area (Å²) in [5.74, 6) is 2.07. The second-order valence-corrected chi connectivity index (χ2v) is 4.54. The third-order valence-electron chi connectivity index (χ3n) is 4.05. The van der Waals surface area contributed by atoms with Crippen LogP contribution in [0.25, 0.3) is 0 Å². The van der Waals surface area contributed by atoms with Gasteiger partial charge < -0.3 is 5.32 Å². The molecule has 4 rings (SSSR count). The molecule has 0 aromatic heterocycles. The summed E-state index contributed by atoms with van der Waals surface area (Å²) < 4.78 is 0. The minimum absolute atomic E-state index is 1.00. The first-order valence-corrected chi connectivity index (χ1v) is 5.36. The number of rotatable bonds is 0. The van der Waals surface area contributed by atoms with Crippen molar-refractivity contribution < 1.29 is 0 Å². The summed E-state index contributed by atoms with van der Waals surface area (Å²) in [6.07, 6.45) is 7.28. The molecule has 0 aromatic carbocycles. The summed E-state index contributed by atoms with van der Waals surface area (Å²) in [5, 5.41) is 3.51. The standard InChI is InChI=1S/C11H17N/c1-3-9-4-2-8(1)10-5-6-12-7-11(9)10/h8,10,12H,1-7H2. The maximum absolute atomic E-state index is 3.51. The van der Waals surface area contributed by atoms with Crippen LogP contribution in [0.15, 0.2) is 11.1 Å². The molecular weight excluding hydrogens is 146 g/mol. The molecular formula is C11H17N. The van der Waals surface area contributed by atoms with E-state index in [1.165, 1.54) is 45.2 Å². The van der Waals surface area contributed by atoms with Gasteiger partial charge in [-0.2, -0.15) is 0 Å². The van der Waals surface area contributed by atoms with Crippen molar-refractivity contribution in [3.8, 4) is 0 Å². The molecule has 0 amide bonds. The third kappa shape index (κ3) is 0.891. The minimum Gasteiger partial charge on any atom is -0.313 e. The van der Waals surface area contributed by atoms with Gasteiger partial charge >= 0.3 is 0 Å². The largest absolute Gasteiger partial charge is 0.313 e. The van der Waals surface area contributed by atoms with Crippen molar-refractivity contribution in [3.05, 3.63) is 11.1 Å². The predicted molar refractivity (Wildman–Crippen MR) is 50.0 cm³/mol. The Balaban J connectivity index is 1.99. The maximum Gasteiger partial charge on any atom is 0.0170 e. The first-order chi connectivity index (χ1) is 5.95. The van der Waals surface area contributed by atoms with Crippen LogP contribution in [0.3, 0.4) is 0 Å². The lowest BCUT2D eigenvalue weighted by atomic mass is 9.64. The molecule has 1 unspecified atom stereocenters. The highest BCUT2D eigenvalue weighted by Gasteiger charge is 2.36. The number of hydrogen-bond donors (Lipinski definition) is 1. The van der Waals surface area contributed by atoms with Gasteiger partial charge in [-0.1, -0.05) is 11.1 Å². The van der Waals surface area contributed by atoms with Crippen LogP contribution in [-0.2, 0) is 0 Å². The summed E-state index contributed by atoms with van der Waals surface area (Å²) in [6.45, 7) is 2.48. The first-order valence-electron chi connectivity index (χ1n) is 5.36. The molecule has 1 aliphatic heterocycles. The van der Waals surface area contributed by atoms with Crippen molar-refractivity contribution in [1.29, 1.82) is 0 Å². The Kier molecular flexibility index (Phi) is 1.54. The number of nitrogens with one attached hydrogen (secondary N) is 1. The second kappa shape index (κ2) is 2.59. The van der Waals surface area contributed by atoms with Crippen molar-refractivity contribution in [2.45, 2.75) is 32.1 Å². The van der Waals surface area contributed by atoms with Crippen LogP contribution in [0.4, 0.5) is 0 Å². The average Bonchev–Trinajstić information content (AvgIpc) is 2.20. The Labute approximate surface area is 74.2 Å². The van der Waals surface area contributed by atoms with Crippen LogP contribution >= 0.6 is 0 Å². The second-order valence-electron chi connectivity index (χ2n) is 4.54. The molecule has 4 aliphatic rings. The Morgan fingerprint density at radius 2 is 1.92 bits per heavy atom. The minimum atomic E-state index is 1.00. The zero-order valence-corrected chi connectivity index (χ0v) is 7.60. The van der Waals surface area contributed by atoms with E-state index in [2.05, 4.69) is 5.32 Å². The number of fused-ring (bicyclic) bond motifs is 2. The van der Waals surface area contributed by atoms with E-state index < -0.39 is 0 Å². The van der Waals surface area contributed by atoms with Crippen molar-refractivity contribution >= 4 is 0 Å². The molecule has 1 heteroatoms. The van der Waals surface area contributed by atoms with E-state index in [1.807, 2.05) is 11.1 Å². The van der Waals surface area contributed by atoms with Crippen LogP contribution in [0, 0.1) is 11.8 Å². The molecule has 0 aromatic rings. The van der Waals surface area contributed by atoms with Gasteiger partial charge in [0.05, 0.1) is 0 Å². The molecule has 3 aliphatic carbocycles. The molecule has 1 saturated carbocycles. The lowest BCUT2D eigenvalue weighted by Crippen LogP contribution is -2.39. The highest BCUT2D eigenvalue weighted by molar-refractivity contribution is 5.27. The van der Waals surface area contributed by atoms with E-state index in [-0.39, 0.29) is 0 Å². The maximum atomic E-state index is 3.51. The van der Waals surface area contributed by atoms with Crippen molar-refractivity contribution in [2.24, 2.45) is 11.8 Å². The highest BCUT2D eigenvalue weighted by atomic mass is 14.9. The van der Waals surface area contributed by atoms with Crippen molar-refractivity contribution in [3.63, 3.8) is 0 Å². The molecule has 1 saturated heterocycles. The summed E-state index contributed by atoms with van der Waals surface area (Å²) >= 11 is 0. The zero-order valence-electron chi connectivity index (χ0n) is 7.60. The normalized spacial score (nSPS) is 40.0. The van der Waals surface area contributed by atoms with Crippen LogP contribution < -0.4 is 5.32 Å². The topological polar surface area (TPSA) is 12.0 Å². The van der Waals surface area contributed by atoms with Gasteiger partial charge in [-0.15, -0.1) is 0 Å². The molecule has 66 valence electrons. The van der Waals surface area contributed by atoms with E-state index in [0.29, 0.717) is 0 Å². The molecule has 1 atom stereocenters. The summed E-state index contributed by atoms with van der Waals surface area (Å²) in [4.78, 5) is 0. The van der Waals surface area contributed by atoms with Gasteiger partial charge in [0.1, 0.15) is 0 Å². The SMILES string of the molecule is C1CC2C(=C3CCC2CC3)CN1. The number of allylic oxidation sites excluding steroid dienone is 1. The fraction of sp³-hybridized carbons (Fsp3) is 0.818. The summed E-state index contributed by atoms with van der Waals surface area (Å²) in [5.41, 5.74) is 3.65. The summed E-state index contributed by atoms with van der Waals surface area (Å²) in [7, 11) is 0. The average molecular weight is 163 g/mol. The van der Waals surface area contributed by atoms with Gasteiger partial charge in [0.2, 0.25) is 0 Å². The van der Waals surface area contributed by atoms with E-state index >= 15 is 0 Å². The molecule has 1 nitrogen and oxygen atoms in total. The Hall–Kier alpha value is -0.300. The van der Waals surface area contributed by atoms with Crippen molar-refractivity contribution in [2.75, 3.05) is 13.1 Å². The number of hydrogen-bond acceptors (Lipinski definition) is 1. The lowest BCUT2D eigenvalue weighted by Gasteiger charge is -2.43. The fourth-order valence-corrected chi connectivity index (χ4v) is 3.41. The predicted octanol–water partition coefficient (Wildman–Crippen LogP) is 2.10. The van der Waals surface area contributed by atoms with E-state index in [9.17, 15) is 0 Å². The van der Waals surface area contributed by atoms with Gasteiger partial charge in [-0.25, -0.2) is 0 Å².